The molecule has 1 heterocycles. The molecule has 0 fully saturated rings. The zero-order valence-corrected chi connectivity index (χ0v) is 7.30. The second kappa shape index (κ2) is 2.78. The van der Waals surface area contributed by atoms with Gasteiger partial charge in [0.1, 0.15) is 0 Å². The van der Waals surface area contributed by atoms with Gasteiger partial charge in [0.25, 0.3) is 0 Å². The van der Waals surface area contributed by atoms with Crippen LogP contribution in [0.3, 0.4) is 0 Å². The van der Waals surface area contributed by atoms with Crippen molar-refractivity contribution in [1.29, 1.82) is 0 Å². The molecule has 0 saturated heterocycles. The highest BCUT2D eigenvalue weighted by molar-refractivity contribution is 6.36. The second-order valence-electron chi connectivity index (χ2n) is 2.67. The number of aromatic nitrogens is 1. The van der Waals surface area contributed by atoms with Crippen molar-refractivity contribution >= 4 is 28.8 Å². The molecule has 0 amide bonds. The molecule has 4 heteroatoms. The number of aromatic hydroxyl groups is 1. The fourth-order valence-corrected chi connectivity index (χ4v) is 1.61. The minimum atomic E-state index is -0.141. The van der Waals surface area contributed by atoms with Crippen LogP contribution in [0.15, 0.2) is 18.2 Å². The van der Waals surface area contributed by atoms with Crippen molar-refractivity contribution in [3.05, 3.63) is 28.8 Å². The molecule has 0 spiro atoms. The lowest BCUT2D eigenvalue weighted by Crippen LogP contribution is -1.76. The molecule has 0 aliphatic heterocycles. The van der Waals surface area contributed by atoms with Crippen molar-refractivity contribution in [1.82, 2.24) is 4.98 Å². The third-order valence-corrected chi connectivity index (χ3v) is 2.22. The van der Waals surface area contributed by atoms with Crippen molar-refractivity contribution in [3.63, 3.8) is 0 Å². The summed E-state index contributed by atoms with van der Waals surface area (Å²) in [6, 6.07) is 5.16. The summed E-state index contributed by atoms with van der Waals surface area (Å²) in [4.78, 5) is 13.3. The molecule has 1 aromatic heterocycles. The lowest BCUT2D eigenvalue weighted by Gasteiger charge is -1.92. The smallest absolute Gasteiger partial charge is 0.200 e. The van der Waals surface area contributed by atoms with E-state index in [4.69, 9.17) is 11.6 Å². The van der Waals surface area contributed by atoms with E-state index < -0.39 is 0 Å². The van der Waals surface area contributed by atoms with Gasteiger partial charge in [-0.2, -0.15) is 0 Å². The van der Waals surface area contributed by atoms with Crippen LogP contribution in [0.1, 0.15) is 10.4 Å². The summed E-state index contributed by atoms with van der Waals surface area (Å²) < 4.78 is 0. The fourth-order valence-electron chi connectivity index (χ4n) is 1.33. The minimum Gasteiger partial charge on any atom is -0.494 e. The van der Waals surface area contributed by atoms with Gasteiger partial charge in [-0.15, -0.1) is 0 Å². The Bertz CT molecular complexity index is 476. The van der Waals surface area contributed by atoms with Crippen LogP contribution in [0.25, 0.3) is 10.9 Å². The van der Waals surface area contributed by atoms with Crippen LogP contribution < -0.4 is 0 Å². The first kappa shape index (κ1) is 8.13. The number of hydrogen-bond donors (Lipinski definition) is 2. The Kier molecular flexibility index (Phi) is 1.74. The highest BCUT2D eigenvalue weighted by atomic mass is 35.5. The van der Waals surface area contributed by atoms with Crippen LogP contribution in [0.2, 0.25) is 5.02 Å². The number of benzene rings is 1. The van der Waals surface area contributed by atoms with E-state index in [0.29, 0.717) is 22.2 Å². The number of halogens is 1. The van der Waals surface area contributed by atoms with Gasteiger partial charge in [0, 0.05) is 5.39 Å². The molecule has 0 radical (unpaired) electrons. The third kappa shape index (κ3) is 1.09. The highest BCUT2D eigenvalue weighted by Crippen LogP contribution is 2.30. The highest BCUT2D eigenvalue weighted by Gasteiger charge is 2.11. The molecule has 0 bridgehead atoms. The molecule has 0 unspecified atom stereocenters. The molecule has 0 saturated carbocycles. The normalized spacial score (nSPS) is 10.5. The van der Waals surface area contributed by atoms with Crippen molar-refractivity contribution in [2.45, 2.75) is 0 Å². The van der Waals surface area contributed by atoms with Gasteiger partial charge in [0.2, 0.25) is 0 Å². The predicted octanol–water partition coefficient (Wildman–Crippen LogP) is 2.34. The largest absolute Gasteiger partial charge is 0.494 e. The number of H-pyrrole nitrogens is 1. The Hall–Kier alpha value is -1.48. The molecule has 66 valence electrons. The fraction of sp³-hybridized carbons (Fsp3) is 0. The summed E-state index contributed by atoms with van der Waals surface area (Å²) in [7, 11) is 0. The monoisotopic (exact) mass is 195 g/mol. The summed E-state index contributed by atoms with van der Waals surface area (Å²) in [5, 5.41) is 10.3. The number of nitrogens with one attached hydrogen (secondary N) is 1. The van der Waals surface area contributed by atoms with E-state index in [2.05, 4.69) is 4.98 Å². The van der Waals surface area contributed by atoms with Gasteiger partial charge in [0.15, 0.2) is 12.2 Å². The van der Waals surface area contributed by atoms with Crippen molar-refractivity contribution in [2.75, 3.05) is 0 Å². The summed E-state index contributed by atoms with van der Waals surface area (Å²) in [5.41, 5.74) is 0.868. The summed E-state index contributed by atoms with van der Waals surface area (Å²) in [5.74, 6) is -0.141. The SMILES string of the molecule is O=Cc1c(O)[nH]c2cccc(Cl)c12. The molecule has 2 rings (SSSR count). The summed E-state index contributed by atoms with van der Waals surface area (Å²) in [6.45, 7) is 0. The Morgan fingerprint density at radius 3 is 2.92 bits per heavy atom. The van der Waals surface area contributed by atoms with Crippen molar-refractivity contribution < 1.29 is 9.90 Å². The van der Waals surface area contributed by atoms with Gasteiger partial charge >= 0.3 is 0 Å². The van der Waals surface area contributed by atoms with Crippen molar-refractivity contribution in [3.8, 4) is 5.88 Å². The third-order valence-electron chi connectivity index (χ3n) is 1.91. The van der Waals surface area contributed by atoms with Crippen LogP contribution in [0.5, 0.6) is 5.88 Å². The first-order valence-corrected chi connectivity index (χ1v) is 4.06. The van der Waals surface area contributed by atoms with E-state index in [1.54, 1.807) is 18.2 Å². The first-order chi connectivity index (χ1) is 6.24. The average Bonchev–Trinajstić information content (AvgIpc) is 2.42. The minimum absolute atomic E-state index is 0.141. The molecule has 2 N–H and O–H groups in total. The number of rotatable bonds is 1. The maximum absolute atomic E-state index is 10.6. The zero-order valence-electron chi connectivity index (χ0n) is 6.54. The molecule has 13 heavy (non-hydrogen) atoms. The molecule has 1 aromatic carbocycles. The predicted molar refractivity (Wildman–Crippen MR) is 50.4 cm³/mol. The number of carbonyl (C=O) groups excluding carboxylic acids is 1. The van der Waals surface area contributed by atoms with Gasteiger partial charge in [-0.05, 0) is 12.1 Å². The maximum atomic E-state index is 10.6. The van der Waals surface area contributed by atoms with Gasteiger partial charge < -0.3 is 10.1 Å². The molecular weight excluding hydrogens is 190 g/mol. The van der Waals surface area contributed by atoms with Crippen molar-refractivity contribution in [2.24, 2.45) is 0 Å². The number of aldehydes is 1. The Morgan fingerprint density at radius 2 is 2.23 bits per heavy atom. The van der Waals surface area contributed by atoms with E-state index in [9.17, 15) is 9.90 Å². The van der Waals surface area contributed by atoms with Gasteiger partial charge in [0.05, 0.1) is 16.1 Å². The molecule has 2 aromatic rings. The number of aromatic amines is 1. The Morgan fingerprint density at radius 1 is 1.46 bits per heavy atom. The van der Waals surface area contributed by atoms with Crippen LogP contribution >= 0.6 is 11.6 Å². The molecular formula is C9H6ClNO2. The summed E-state index contributed by atoms with van der Waals surface area (Å²) >= 11 is 5.86. The molecule has 0 aliphatic rings. The van der Waals surface area contributed by atoms with Crippen LogP contribution in [0.4, 0.5) is 0 Å². The first-order valence-electron chi connectivity index (χ1n) is 3.68. The molecule has 3 nitrogen and oxygen atoms in total. The second-order valence-corrected chi connectivity index (χ2v) is 3.07. The van der Waals surface area contributed by atoms with E-state index >= 15 is 0 Å². The lowest BCUT2D eigenvalue weighted by molar-refractivity contribution is 0.112. The quantitative estimate of drug-likeness (QED) is 0.687. The standard InChI is InChI=1S/C9H6ClNO2/c10-6-2-1-3-7-8(6)5(4-12)9(13)11-7/h1-4,11,13H. The summed E-state index contributed by atoms with van der Waals surface area (Å²) in [6.07, 6.45) is 0.583. The molecule has 0 atom stereocenters. The maximum Gasteiger partial charge on any atom is 0.200 e. The number of carbonyl (C=O) groups is 1. The van der Waals surface area contributed by atoms with E-state index in [1.807, 2.05) is 0 Å². The van der Waals surface area contributed by atoms with Gasteiger partial charge in [-0.3, -0.25) is 4.79 Å². The number of fused-ring (bicyclic) bond motifs is 1. The topological polar surface area (TPSA) is 53.1 Å². The van der Waals surface area contributed by atoms with Crippen LogP contribution in [0, 0.1) is 0 Å². The lowest BCUT2D eigenvalue weighted by atomic mass is 10.2. The molecule has 0 aliphatic carbocycles. The van der Waals surface area contributed by atoms with Gasteiger partial charge in [-0.1, -0.05) is 17.7 Å². The Labute approximate surface area is 78.9 Å². The Balaban J connectivity index is 2.96. The van der Waals surface area contributed by atoms with Crippen LogP contribution in [-0.2, 0) is 0 Å². The average molecular weight is 196 g/mol. The number of hydrogen-bond acceptors (Lipinski definition) is 2. The van der Waals surface area contributed by atoms with Gasteiger partial charge in [-0.25, -0.2) is 0 Å². The van der Waals surface area contributed by atoms with E-state index in [0.717, 1.165) is 0 Å². The zero-order chi connectivity index (χ0) is 9.42. The van der Waals surface area contributed by atoms with E-state index in [-0.39, 0.29) is 11.4 Å². The van der Waals surface area contributed by atoms with E-state index in [1.165, 1.54) is 0 Å². The van der Waals surface area contributed by atoms with Crippen LogP contribution in [-0.4, -0.2) is 16.4 Å².